The maximum atomic E-state index is 11.8. The van der Waals surface area contributed by atoms with E-state index in [0.29, 0.717) is 0 Å². The fourth-order valence-electron chi connectivity index (χ4n) is 2.94. The van der Waals surface area contributed by atoms with Crippen molar-refractivity contribution in [2.24, 2.45) is 10.8 Å². The van der Waals surface area contributed by atoms with Gasteiger partial charge >= 0.3 is 5.97 Å². The van der Waals surface area contributed by atoms with Crippen LogP contribution in [0.5, 0.6) is 0 Å². The van der Waals surface area contributed by atoms with Crippen molar-refractivity contribution in [3.8, 4) is 6.07 Å². The molecule has 0 spiro atoms. The molecule has 1 heterocycles. The molecule has 3 heteroatoms. The SMILES string of the molecule is CC1(C)[C@@]2(CC#N)CC[C@@]1(C)OC2=O. The first kappa shape index (κ1) is 9.51. The molecule has 0 unspecified atom stereocenters. The van der Waals surface area contributed by atoms with Crippen molar-refractivity contribution in [2.75, 3.05) is 0 Å². The number of esters is 1. The van der Waals surface area contributed by atoms with Gasteiger partial charge in [0, 0.05) is 5.41 Å². The number of nitrogens with zero attached hydrogens (tertiary/aromatic N) is 1. The van der Waals surface area contributed by atoms with Gasteiger partial charge in [-0.15, -0.1) is 0 Å². The second-order valence-electron chi connectivity index (χ2n) is 5.16. The van der Waals surface area contributed by atoms with Crippen molar-refractivity contribution in [2.45, 2.75) is 45.6 Å². The van der Waals surface area contributed by atoms with Gasteiger partial charge in [-0.2, -0.15) is 5.26 Å². The molecule has 0 N–H and O–H groups in total. The Morgan fingerprint density at radius 1 is 1.43 bits per heavy atom. The molecule has 2 atom stereocenters. The standard InChI is InChI=1S/C11H15NO2/c1-9(2)10(3)4-5-11(9,6-7-12)8(13)14-10/h4-6H2,1-3H3/t10-,11-/m1/s1. The lowest BCUT2D eigenvalue weighted by molar-refractivity contribution is -0.159. The summed E-state index contributed by atoms with van der Waals surface area (Å²) >= 11 is 0. The molecule has 0 aromatic rings. The van der Waals surface area contributed by atoms with E-state index in [-0.39, 0.29) is 23.4 Å². The lowest BCUT2D eigenvalue weighted by Crippen LogP contribution is -2.39. The van der Waals surface area contributed by atoms with Crippen LogP contribution in [0, 0.1) is 22.2 Å². The van der Waals surface area contributed by atoms with Crippen LogP contribution in [0.25, 0.3) is 0 Å². The summed E-state index contributed by atoms with van der Waals surface area (Å²) in [7, 11) is 0. The fraction of sp³-hybridized carbons (Fsp3) is 0.818. The number of carbonyl (C=O) groups is 1. The summed E-state index contributed by atoms with van der Waals surface area (Å²) in [5.74, 6) is -0.169. The zero-order chi connectivity index (χ0) is 10.6. The highest BCUT2D eigenvalue weighted by molar-refractivity contribution is 5.83. The number of carbonyl (C=O) groups excluding carboxylic acids is 1. The van der Waals surface area contributed by atoms with Crippen LogP contribution in [-0.4, -0.2) is 11.6 Å². The summed E-state index contributed by atoms with van der Waals surface area (Å²) in [5, 5.41) is 8.82. The highest BCUT2D eigenvalue weighted by Gasteiger charge is 2.72. The van der Waals surface area contributed by atoms with E-state index in [1.54, 1.807) is 0 Å². The van der Waals surface area contributed by atoms with Gasteiger partial charge in [-0.3, -0.25) is 4.79 Å². The minimum atomic E-state index is -0.545. The summed E-state index contributed by atoms with van der Waals surface area (Å²) < 4.78 is 5.43. The summed E-state index contributed by atoms with van der Waals surface area (Å²) in [4.78, 5) is 11.8. The number of ether oxygens (including phenoxy) is 1. The minimum Gasteiger partial charge on any atom is -0.458 e. The quantitative estimate of drug-likeness (QED) is 0.598. The molecule has 2 bridgehead atoms. The zero-order valence-corrected chi connectivity index (χ0v) is 8.89. The first-order chi connectivity index (χ1) is 6.40. The second kappa shape index (κ2) is 2.31. The Hall–Kier alpha value is -1.04. The lowest BCUT2D eigenvalue weighted by atomic mass is 9.64. The third kappa shape index (κ3) is 0.716. The van der Waals surface area contributed by atoms with Gasteiger partial charge in [-0.05, 0) is 19.8 Å². The number of hydrogen-bond donors (Lipinski definition) is 0. The molecule has 0 radical (unpaired) electrons. The maximum Gasteiger partial charge on any atom is 0.314 e. The summed E-state index contributed by atoms with van der Waals surface area (Å²) in [6.07, 6.45) is 1.96. The summed E-state index contributed by atoms with van der Waals surface area (Å²) in [6, 6.07) is 2.13. The molecule has 0 amide bonds. The average Bonchev–Trinajstić information content (AvgIpc) is 2.34. The van der Waals surface area contributed by atoms with Crippen molar-refractivity contribution in [3.63, 3.8) is 0 Å². The van der Waals surface area contributed by atoms with E-state index in [1.165, 1.54) is 0 Å². The first-order valence-electron chi connectivity index (χ1n) is 5.00. The number of fused-ring (bicyclic) bond motifs is 2. The van der Waals surface area contributed by atoms with Gasteiger partial charge in [-0.25, -0.2) is 0 Å². The number of nitriles is 1. The molecule has 14 heavy (non-hydrogen) atoms. The normalized spacial score (nSPS) is 43.4. The van der Waals surface area contributed by atoms with Crippen LogP contribution in [0.2, 0.25) is 0 Å². The van der Waals surface area contributed by atoms with Crippen LogP contribution >= 0.6 is 0 Å². The molecule has 2 rings (SSSR count). The van der Waals surface area contributed by atoms with Crippen molar-refractivity contribution >= 4 is 5.97 Å². The number of hydrogen-bond acceptors (Lipinski definition) is 3. The molecule has 2 aliphatic rings. The van der Waals surface area contributed by atoms with E-state index in [1.807, 2.05) is 20.8 Å². The Labute approximate surface area is 84.0 Å². The van der Waals surface area contributed by atoms with Crippen LogP contribution in [0.4, 0.5) is 0 Å². The van der Waals surface area contributed by atoms with E-state index in [9.17, 15) is 4.79 Å². The van der Waals surface area contributed by atoms with Gasteiger partial charge in [-0.1, -0.05) is 13.8 Å². The maximum absolute atomic E-state index is 11.8. The van der Waals surface area contributed by atoms with Crippen LogP contribution in [0.1, 0.15) is 40.0 Å². The van der Waals surface area contributed by atoms with Crippen LogP contribution in [-0.2, 0) is 9.53 Å². The van der Waals surface area contributed by atoms with E-state index >= 15 is 0 Å². The first-order valence-corrected chi connectivity index (χ1v) is 5.00. The number of rotatable bonds is 1. The molecule has 1 aliphatic carbocycles. The van der Waals surface area contributed by atoms with Gasteiger partial charge in [0.05, 0.1) is 17.9 Å². The van der Waals surface area contributed by atoms with Crippen LogP contribution < -0.4 is 0 Å². The predicted octanol–water partition coefficient (Wildman–Crippen LogP) is 2.02. The predicted molar refractivity (Wildman–Crippen MR) is 50.2 cm³/mol. The Kier molecular flexibility index (Phi) is 1.57. The Bertz CT molecular complexity index is 342. The molecule has 1 saturated carbocycles. The summed E-state index contributed by atoms with van der Waals surface area (Å²) in [6.45, 7) is 6.07. The molecular formula is C11H15NO2. The lowest BCUT2D eigenvalue weighted by Gasteiger charge is -2.34. The van der Waals surface area contributed by atoms with Crippen molar-refractivity contribution < 1.29 is 9.53 Å². The van der Waals surface area contributed by atoms with Crippen LogP contribution in [0.3, 0.4) is 0 Å². The Balaban J connectivity index is 2.52. The van der Waals surface area contributed by atoms with Crippen molar-refractivity contribution in [3.05, 3.63) is 0 Å². The molecule has 3 nitrogen and oxygen atoms in total. The topological polar surface area (TPSA) is 50.1 Å². The van der Waals surface area contributed by atoms with Gasteiger partial charge in [0.25, 0.3) is 0 Å². The smallest absolute Gasteiger partial charge is 0.314 e. The fourth-order valence-corrected chi connectivity index (χ4v) is 2.94. The van der Waals surface area contributed by atoms with E-state index in [0.717, 1.165) is 12.8 Å². The monoisotopic (exact) mass is 193 g/mol. The molecule has 76 valence electrons. The zero-order valence-electron chi connectivity index (χ0n) is 8.89. The van der Waals surface area contributed by atoms with Crippen molar-refractivity contribution in [1.82, 2.24) is 0 Å². The molecule has 0 aromatic heterocycles. The minimum absolute atomic E-state index is 0.169. The summed E-state index contributed by atoms with van der Waals surface area (Å²) in [5.41, 5.74) is -1.12. The molecule has 1 saturated heterocycles. The van der Waals surface area contributed by atoms with Gasteiger partial charge < -0.3 is 4.74 Å². The Morgan fingerprint density at radius 2 is 2.07 bits per heavy atom. The van der Waals surface area contributed by atoms with Crippen LogP contribution in [0.15, 0.2) is 0 Å². The second-order valence-corrected chi connectivity index (χ2v) is 5.16. The third-order valence-electron chi connectivity index (χ3n) is 4.64. The molecular weight excluding hydrogens is 178 g/mol. The largest absolute Gasteiger partial charge is 0.458 e. The molecule has 2 fully saturated rings. The molecule has 1 aliphatic heterocycles. The Morgan fingerprint density at radius 3 is 2.43 bits per heavy atom. The molecule has 0 aromatic carbocycles. The van der Waals surface area contributed by atoms with Gasteiger partial charge in [0.2, 0.25) is 0 Å². The van der Waals surface area contributed by atoms with E-state index in [2.05, 4.69) is 6.07 Å². The van der Waals surface area contributed by atoms with E-state index < -0.39 is 5.41 Å². The highest BCUT2D eigenvalue weighted by Crippen LogP contribution is 2.66. The third-order valence-corrected chi connectivity index (χ3v) is 4.64. The van der Waals surface area contributed by atoms with Crippen molar-refractivity contribution in [1.29, 1.82) is 5.26 Å². The highest BCUT2D eigenvalue weighted by atomic mass is 16.6. The average molecular weight is 193 g/mol. The van der Waals surface area contributed by atoms with E-state index in [4.69, 9.17) is 10.00 Å². The van der Waals surface area contributed by atoms with Gasteiger partial charge in [0.15, 0.2) is 0 Å². The van der Waals surface area contributed by atoms with Gasteiger partial charge in [0.1, 0.15) is 5.60 Å².